The zero-order chi connectivity index (χ0) is 18.1. The lowest BCUT2D eigenvalue weighted by molar-refractivity contribution is 0.0602. The third kappa shape index (κ3) is 5.69. The van der Waals surface area contributed by atoms with E-state index in [4.69, 9.17) is 10.5 Å². The van der Waals surface area contributed by atoms with Crippen molar-refractivity contribution in [3.8, 4) is 0 Å². The quantitative estimate of drug-likeness (QED) is 0.623. The minimum atomic E-state index is -0.499. The van der Waals surface area contributed by atoms with E-state index in [2.05, 4.69) is 10.1 Å². The summed E-state index contributed by atoms with van der Waals surface area (Å²) in [5, 5.41) is 2.62. The Hall–Kier alpha value is -3.28. The molecule has 0 saturated carbocycles. The van der Waals surface area contributed by atoms with Gasteiger partial charge in [-0.2, -0.15) is 0 Å². The standard InChI is InChI=1S/C19H20N2O4/c1-24-18(22)16-12-14(9-10-17(16)20)8-5-11-21-19(23)25-13-15-6-3-2-4-7-15/h2-10,12H,11,13,20H2,1H3,(H,21,23). The summed E-state index contributed by atoms with van der Waals surface area (Å²) in [5.74, 6) is -0.490. The fraction of sp³-hybridized carbons (Fsp3) is 0.158. The van der Waals surface area contributed by atoms with Gasteiger partial charge in [-0.15, -0.1) is 0 Å². The smallest absolute Gasteiger partial charge is 0.407 e. The van der Waals surface area contributed by atoms with Crippen molar-refractivity contribution in [2.75, 3.05) is 19.4 Å². The SMILES string of the molecule is COC(=O)c1cc(C=CCNC(=O)OCc2ccccc2)ccc1N. The van der Waals surface area contributed by atoms with Crippen molar-refractivity contribution >= 4 is 23.8 Å². The molecule has 130 valence electrons. The van der Waals surface area contributed by atoms with Crippen LogP contribution in [-0.2, 0) is 16.1 Å². The predicted octanol–water partition coefficient (Wildman–Crippen LogP) is 3.00. The van der Waals surface area contributed by atoms with Gasteiger partial charge in [0.2, 0.25) is 0 Å². The summed E-state index contributed by atoms with van der Waals surface area (Å²) in [7, 11) is 1.30. The second kappa shape index (κ2) is 9.12. The zero-order valence-electron chi connectivity index (χ0n) is 13.9. The lowest BCUT2D eigenvalue weighted by Gasteiger charge is -2.06. The van der Waals surface area contributed by atoms with E-state index < -0.39 is 12.1 Å². The Morgan fingerprint density at radius 2 is 1.92 bits per heavy atom. The van der Waals surface area contributed by atoms with Gasteiger partial charge in [-0.05, 0) is 23.3 Å². The van der Waals surface area contributed by atoms with E-state index >= 15 is 0 Å². The largest absolute Gasteiger partial charge is 0.465 e. The van der Waals surface area contributed by atoms with E-state index in [0.717, 1.165) is 11.1 Å². The highest BCUT2D eigenvalue weighted by molar-refractivity contribution is 5.95. The van der Waals surface area contributed by atoms with Gasteiger partial charge in [0.15, 0.2) is 0 Å². The lowest BCUT2D eigenvalue weighted by atomic mass is 10.1. The molecule has 0 radical (unpaired) electrons. The van der Waals surface area contributed by atoms with Crippen LogP contribution in [0.15, 0.2) is 54.6 Å². The van der Waals surface area contributed by atoms with Gasteiger partial charge < -0.3 is 20.5 Å². The Kier molecular flexibility index (Phi) is 6.59. The van der Waals surface area contributed by atoms with E-state index in [1.165, 1.54) is 7.11 Å². The lowest BCUT2D eigenvalue weighted by Crippen LogP contribution is -2.24. The summed E-state index contributed by atoms with van der Waals surface area (Å²) in [6.45, 7) is 0.516. The van der Waals surface area contributed by atoms with Crippen molar-refractivity contribution in [2.45, 2.75) is 6.61 Å². The Bertz CT molecular complexity index is 757. The molecule has 0 unspecified atom stereocenters. The summed E-state index contributed by atoms with van der Waals surface area (Å²) in [4.78, 5) is 23.2. The minimum absolute atomic E-state index is 0.219. The minimum Gasteiger partial charge on any atom is -0.465 e. The maximum absolute atomic E-state index is 11.6. The van der Waals surface area contributed by atoms with E-state index in [1.807, 2.05) is 30.3 Å². The molecule has 0 aliphatic heterocycles. The number of esters is 1. The van der Waals surface area contributed by atoms with Crippen molar-refractivity contribution in [2.24, 2.45) is 0 Å². The molecular formula is C19H20N2O4. The highest BCUT2D eigenvalue weighted by Crippen LogP contribution is 2.16. The van der Waals surface area contributed by atoms with Gasteiger partial charge in [-0.25, -0.2) is 9.59 Å². The fourth-order valence-corrected chi connectivity index (χ4v) is 2.08. The van der Waals surface area contributed by atoms with Crippen molar-refractivity contribution in [1.29, 1.82) is 0 Å². The van der Waals surface area contributed by atoms with Crippen LogP contribution in [0.4, 0.5) is 10.5 Å². The van der Waals surface area contributed by atoms with Crippen LogP contribution in [0.1, 0.15) is 21.5 Å². The molecule has 0 atom stereocenters. The molecule has 0 saturated heterocycles. The molecule has 0 heterocycles. The highest BCUT2D eigenvalue weighted by atomic mass is 16.5. The normalized spacial score (nSPS) is 10.4. The second-order valence-corrected chi connectivity index (χ2v) is 5.18. The summed E-state index contributed by atoms with van der Waals surface area (Å²) < 4.78 is 9.78. The number of methoxy groups -OCH3 is 1. The molecule has 0 bridgehead atoms. The molecule has 6 nitrogen and oxygen atoms in total. The number of hydrogen-bond donors (Lipinski definition) is 2. The van der Waals surface area contributed by atoms with Crippen LogP contribution in [-0.4, -0.2) is 25.7 Å². The third-order valence-corrected chi connectivity index (χ3v) is 3.37. The summed E-state index contributed by atoms with van der Waals surface area (Å²) >= 11 is 0. The Balaban J connectivity index is 1.81. The van der Waals surface area contributed by atoms with Crippen LogP contribution in [0, 0.1) is 0 Å². The highest BCUT2D eigenvalue weighted by Gasteiger charge is 2.09. The first-order valence-electron chi connectivity index (χ1n) is 7.69. The Labute approximate surface area is 146 Å². The van der Waals surface area contributed by atoms with Crippen LogP contribution in [0.2, 0.25) is 0 Å². The van der Waals surface area contributed by atoms with Crippen LogP contribution in [0.3, 0.4) is 0 Å². The number of carbonyl (C=O) groups is 2. The van der Waals surface area contributed by atoms with Crippen LogP contribution < -0.4 is 11.1 Å². The molecule has 1 amide bonds. The number of nitrogens with two attached hydrogens (primary N) is 1. The summed E-state index contributed by atoms with van der Waals surface area (Å²) in [6, 6.07) is 14.5. The number of nitrogen functional groups attached to an aromatic ring is 1. The average molecular weight is 340 g/mol. The molecule has 3 N–H and O–H groups in total. The van der Waals surface area contributed by atoms with Gasteiger partial charge in [-0.3, -0.25) is 0 Å². The molecule has 25 heavy (non-hydrogen) atoms. The molecule has 0 aromatic heterocycles. The molecule has 2 aromatic rings. The Morgan fingerprint density at radius 3 is 2.64 bits per heavy atom. The molecule has 0 spiro atoms. The van der Waals surface area contributed by atoms with Gasteiger partial charge >= 0.3 is 12.1 Å². The number of alkyl carbamates (subject to hydrolysis) is 1. The summed E-state index contributed by atoms with van der Waals surface area (Å²) in [6.07, 6.45) is 3.01. The van der Waals surface area contributed by atoms with Crippen LogP contribution in [0.25, 0.3) is 6.08 Å². The van der Waals surface area contributed by atoms with Crippen molar-refractivity contribution in [3.05, 3.63) is 71.3 Å². The van der Waals surface area contributed by atoms with Crippen molar-refractivity contribution in [1.82, 2.24) is 5.32 Å². The molecule has 2 aromatic carbocycles. The molecule has 0 aliphatic rings. The monoisotopic (exact) mass is 340 g/mol. The van der Waals surface area contributed by atoms with Gasteiger partial charge in [0.25, 0.3) is 0 Å². The number of hydrogen-bond acceptors (Lipinski definition) is 5. The predicted molar refractivity (Wildman–Crippen MR) is 95.9 cm³/mol. The number of rotatable bonds is 6. The number of nitrogens with one attached hydrogen (secondary N) is 1. The van der Waals surface area contributed by atoms with Gasteiger partial charge in [0.05, 0.1) is 12.7 Å². The average Bonchev–Trinajstić information content (AvgIpc) is 2.65. The topological polar surface area (TPSA) is 90.6 Å². The number of carbonyl (C=O) groups excluding carboxylic acids is 2. The summed E-state index contributed by atoms with van der Waals surface area (Å²) in [5.41, 5.74) is 8.10. The molecule has 0 fully saturated rings. The first kappa shape index (κ1) is 18.1. The fourth-order valence-electron chi connectivity index (χ4n) is 2.08. The first-order chi connectivity index (χ1) is 12.1. The Morgan fingerprint density at radius 1 is 1.16 bits per heavy atom. The third-order valence-electron chi connectivity index (χ3n) is 3.37. The maximum atomic E-state index is 11.6. The molecule has 0 aliphatic carbocycles. The zero-order valence-corrected chi connectivity index (χ0v) is 13.9. The van der Waals surface area contributed by atoms with Gasteiger partial charge in [-0.1, -0.05) is 48.6 Å². The number of amides is 1. The van der Waals surface area contributed by atoms with Crippen LogP contribution in [0.5, 0.6) is 0 Å². The van der Waals surface area contributed by atoms with Crippen molar-refractivity contribution in [3.63, 3.8) is 0 Å². The van der Waals surface area contributed by atoms with E-state index in [-0.39, 0.29) is 6.61 Å². The van der Waals surface area contributed by atoms with E-state index in [0.29, 0.717) is 17.8 Å². The maximum Gasteiger partial charge on any atom is 0.407 e. The van der Waals surface area contributed by atoms with E-state index in [9.17, 15) is 9.59 Å². The molecule has 2 rings (SSSR count). The number of benzene rings is 2. The second-order valence-electron chi connectivity index (χ2n) is 5.18. The van der Waals surface area contributed by atoms with E-state index in [1.54, 1.807) is 30.4 Å². The first-order valence-corrected chi connectivity index (χ1v) is 7.69. The van der Waals surface area contributed by atoms with Crippen LogP contribution >= 0.6 is 0 Å². The van der Waals surface area contributed by atoms with Gasteiger partial charge in [0, 0.05) is 12.2 Å². The molecular weight excluding hydrogens is 320 g/mol. The van der Waals surface area contributed by atoms with Gasteiger partial charge in [0.1, 0.15) is 6.61 Å². The number of ether oxygens (including phenoxy) is 2. The number of anilines is 1. The molecule has 6 heteroatoms. The van der Waals surface area contributed by atoms with Crippen molar-refractivity contribution < 1.29 is 19.1 Å².